The maximum atomic E-state index is 4.54. The summed E-state index contributed by atoms with van der Waals surface area (Å²) < 4.78 is 3.88. The van der Waals surface area contributed by atoms with Gasteiger partial charge in [-0.15, -0.1) is 15.3 Å². The van der Waals surface area contributed by atoms with E-state index in [0.717, 1.165) is 21.9 Å². The van der Waals surface area contributed by atoms with Crippen molar-refractivity contribution < 1.29 is 0 Å². The van der Waals surface area contributed by atoms with Gasteiger partial charge < -0.3 is 0 Å². The molecule has 1 saturated carbocycles. The third-order valence-electron chi connectivity index (χ3n) is 5.00. The van der Waals surface area contributed by atoms with Gasteiger partial charge in [0.05, 0.1) is 11.2 Å². The van der Waals surface area contributed by atoms with Crippen molar-refractivity contribution in [3.63, 3.8) is 0 Å². The Morgan fingerprint density at radius 1 is 0.815 bits per heavy atom. The zero-order chi connectivity index (χ0) is 18.1. The molecule has 0 aliphatic heterocycles. The molecule has 0 spiro atoms. The number of thioether (sulfide) groups is 1. The average molecular weight is 376 g/mol. The van der Waals surface area contributed by atoms with Gasteiger partial charge in [-0.25, -0.2) is 0 Å². The summed E-state index contributed by atoms with van der Waals surface area (Å²) in [6.45, 7) is 0. The van der Waals surface area contributed by atoms with Gasteiger partial charge in [0, 0.05) is 5.25 Å². The van der Waals surface area contributed by atoms with Gasteiger partial charge >= 0.3 is 0 Å². The molecule has 0 radical (unpaired) electrons. The molecule has 0 saturated heterocycles. The third-order valence-corrected chi connectivity index (χ3v) is 6.28. The van der Waals surface area contributed by atoms with Crippen LogP contribution in [0.4, 0.5) is 0 Å². The van der Waals surface area contributed by atoms with E-state index in [2.05, 4.69) is 37.2 Å². The number of hydrogen-bond acceptors (Lipinski definition) is 5. The molecule has 136 valence electrons. The molecule has 2 heterocycles. The summed E-state index contributed by atoms with van der Waals surface area (Å²) in [6, 6.07) is 18.2. The standard InChI is InChI=1S/C20H20N6S/c1-3-9-15(10-4-1)25-19(26-18-14-8-7-13-17(18)21-24-26)22-23-20(25)27-16-11-5-2-6-12-16/h1,3-4,7-10,13-14,16H,2,5-6,11-12H2. The lowest BCUT2D eigenvalue weighted by Gasteiger charge is -2.20. The second-order valence-electron chi connectivity index (χ2n) is 6.82. The number of benzene rings is 2. The van der Waals surface area contributed by atoms with Gasteiger partial charge in [0.15, 0.2) is 5.16 Å². The van der Waals surface area contributed by atoms with Crippen LogP contribution in [0.2, 0.25) is 0 Å². The van der Waals surface area contributed by atoms with Crippen molar-refractivity contribution in [2.45, 2.75) is 42.5 Å². The molecule has 5 rings (SSSR count). The van der Waals surface area contributed by atoms with Crippen LogP contribution in [-0.4, -0.2) is 35.0 Å². The van der Waals surface area contributed by atoms with E-state index in [-0.39, 0.29) is 0 Å². The monoisotopic (exact) mass is 376 g/mol. The van der Waals surface area contributed by atoms with E-state index in [4.69, 9.17) is 0 Å². The highest BCUT2D eigenvalue weighted by atomic mass is 32.2. The molecule has 0 bridgehead atoms. The molecule has 0 unspecified atom stereocenters. The number of para-hydroxylation sites is 2. The fraction of sp³-hybridized carbons (Fsp3) is 0.300. The van der Waals surface area contributed by atoms with Crippen LogP contribution in [0.25, 0.3) is 22.7 Å². The molecule has 0 N–H and O–H groups in total. The predicted molar refractivity (Wildman–Crippen MR) is 107 cm³/mol. The van der Waals surface area contributed by atoms with Gasteiger partial charge in [-0.3, -0.25) is 4.57 Å². The smallest absolute Gasteiger partial charge is 0.254 e. The van der Waals surface area contributed by atoms with E-state index in [0.29, 0.717) is 11.2 Å². The summed E-state index contributed by atoms with van der Waals surface area (Å²) in [6.07, 6.45) is 6.44. The molecule has 4 aromatic rings. The highest BCUT2D eigenvalue weighted by molar-refractivity contribution is 7.99. The number of aromatic nitrogens is 6. The van der Waals surface area contributed by atoms with Crippen molar-refractivity contribution in [1.82, 2.24) is 29.8 Å². The van der Waals surface area contributed by atoms with E-state index in [1.807, 2.05) is 54.2 Å². The molecule has 1 aliphatic rings. The van der Waals surface area contributed by atoms with Crippen LogP contribution in [0, 0.1) is 0 Å². The van der Waals surface area contributed by atoms with E-state index in [9.17, 15) is 0 Å². The molecule has 0 atom stereocenters. The average Bonchev–Trinajstić information content (AvgIpc) is 3.33. The van der Waals surface area contributed by atoms with E-state index < -0.39 is 0 Å². The van der Waals surface area contributed by atoms with Crippen LogP contribution in [0.15, 0.2) is 59.8 Å². The Morgan fingerprint density at radius 3 is 2.44 bits per heavy atom. The fourth-order valence-electron chi connectivity index (χ4n) is 3.63. The quantitative estimate of drug-likeness (QED) is 0.527. The highest BCUT2D eigenvalue weighted by Gasteiger charge is 2.23. The van der Waals surface area contributed by atoms with Gasteiger partial charge in [-0.1, -0.05) is 66.6 Å². The first-order valence-corrected chi connectivity index (χ1v) is 10.3. The van der Waals surface area contributed by atoms with Gasteiger partial charge in [-0.05, 0) is 37.1 Å². The molecular weight excluding hydrogens is 356 g/mol. The van der Waals surface area contributed by atoms with E-state index >= 15 is 0 Å². The number of fused-ring (bicyclic) bond motifs is 1. The predicted octanol–water partition coefficient (Wildman–Crippen LogP) is 4.43. The Hall–Kier alpha value is -2.67. The molecule has 1 aliphatic carbocycles. The Morgan fingerprint density at radius 2 is 1.59 bits per heavy atom. The van der Waals surface area contributed by atoms with Crippen molar-refractivity contribution in [3.8, 4) is 11.6 Å². The molecule has 27 heavy (non-hydrogen) atoms. The normalized spacial score (nSPS) is 15.4. The van der Waals surface area contributed by atoms with Crippen molar-refractivity contribution in [1.29, 1.82) is 0 Å². The Bertz CT molecular complexity index is 1050. The minimum Gasteiger partial charge on any atom is -0.254 e. The van der Waals surface area contributed by atoms with E-state index in [1.165, 1.54) is 32.1 Å². The Kier molecular flexibility index (Phi) is 4.37. The highest BCUT2D eigenvalue weighted by Crippen LogP contribution is 2.34. The van der Waals surface area contributed by atoms with Gasteiger partial charge in [0.25, 0.3) is 5.95 Å². The lowest BCUT2D eigenvalue weighted by Crippen LogP contribution is -2.11. The summed E-state index contributed by atoms with van der Waals surface area (Å²) in [7, 11) is 0. The maximum Gasteiger partial charge on any atom is 0.259 e. The maximum absolute atomic E-state index is 4.54. The lowest BCUT2D eigenvalue weighted by atomic mass is 10.0. The summed E-state index contributed by atoms with van der Waals surface area (Å²) in [5, 5.41) is 19.2. The largest absolute Gasteiger partial charge is 0.259 e. The first kappa shape index (κ1) is 16.5. The minimum absolute atomic E-state index is 0.603. The number of nitrogens with zero attached hydrogens (tertiary/aromatic N) is 6. The molecule has 6 nitrogen and oxygen atoms in total. The van der Waals surface area contributed by atoms with Gasteiger partial charge in [-0.2, -0.15) is 4.68 Å². The lowest BCUT2D eigenvalue weighted by molar-refractivity contribution is 0.515. The van der Waals surface area contributed by atoms with Crippen molar-refractivity contribution in [2.24, 2.45) is 0 Å². The molecule has 0 amide bonds. The Labute approximate surface area is 161 Å². The number of hydrogen-bond donors (Lipinski definition) is 0. The second-order valence-corrected chi connectivity index (χ2v) is 8.09. The SMILES string of the molecule is c1ccc(-n2c(SC3CCCCC3)nnc2-n2nnc3ccccc32)cc1. The summed E-state index contributed by atoms with van der Waals surface area (Å²) in [5.41, 5.74) is 2.81. The minimum atomic E-state index is 0.603. The van der Waals surface area contributed by atoms with Crippen LogP contribution in [0.3, 0.4) is 0 Å². The second kappa shape index (κ2) is 7.15. The summed E-state index contributed by atoms with van der Waals surface area (Å²) in [5.74, 6) is 0.674. The zero-order valence-electron chi connectivity index (χ0n) is 14.9. The topological polar surface area (TPSA) is 61.4 Å². The van der Waals surface area contributed by atoms with Gasteiger partial charge in [0.2, 0.25) is 0 Å². The third kappa shape index (κ3) is 3.12. The molecule has 7 heteroatoms. The summed E-state index contributed by atoms with van der Waals surface area (Å²) in [4.78, 5) is 0. The zero-order valence-corrected chi connectivity index (χ0v) is 15.7. The Balaban J connectivity index is 1.63. The van der Waals surface area contributed by atoms with Crippen LogP contribution in [-0.2, 0) is 0 Å². The first-order chi connectivity index (χ1) is 13.4. The van der Waals surface area contributed by atoms with Crippen LogP contribution >= 0.6 is 11.8 Å². The molecular formula is C20H20N6S. The fourth-order valence-corrected chi connectivity index (χ4v) is 4.88. The van der Waals surface area contributed by atoms with E-state index in [1.54, 1.807) is 4.68 Å². The van der Waals surface area contributed by atoms with Crippen molar-refractivity contribution in [2.75, 3.05) is 0 Å². The van der Waals surface area contributed by atoms with Crippen molar-refractivity contribution >= 4 is 22.8 Å². The molecule has 1 fully saturated rings. The molecule has 2 aromatic carbocycles. The van der Waals surface area contributed by atoms with Crippen LogP contribution in [0.5, 0.6) is 0 Å². The first-order valence-electron chi connectivity index (χ1n) is 9.38. The van der Waals surface area contributed by atoms with Crippen LogP contribution < -0.4 is 0 Å². The molecule has 2 aromatic heterocycles. The number of rotatable bonds is 4. The summed E-state index contributed by atoms with van der Waals surface area (Å²) >= 11 is 1.84. The van der Waals surface area contributed by atoms with Crippen molar-refractivity contribution in [3.05, 3.63) is 54.6 Å². The van der Waals surface area contributed by atoms with Gasteiger partial charge in [0.1, 0.15) is 5.52 Å². The van der Waals surface area contributed by atoms with Crippen LogP contribution in [0.1, 0.15) is 32.1 Å².